The number of rotatable bonds is 8. The summed E-state index contributed by atoms with van der Waals surface area (Å²) in [6.45, 7) is 5.95. The van der Waals surface area contributed by atoms with Gasteiger partial charge in [0.15, 0.2) is 0 Å². The summed E-state index contributed by atoms with van der Waals surface area (Å²) in [6.07, 6.45) is 4.78. The third-order valence-corrected chi connectivity index (χ3v) is 5.59. The topological polar surface area (TPSA) is 63.3 Å². The molecule has 4 nitrogen and oxygen atoms in total. The third-order valence-electron chi connectivity index (χ3n) is 3.66. The number of aliphatic carboxylic acids is 1. The zero-order valence-electron chi connectivity index (χ0n) is 16.3. The van der Waals surface area contributed by atoms with Gasteiger partial charge in [0.1, 0.15) is 5.76 Å². The molecule has 0 unspecified atom stereocenters. The number of oxazole rings is 1. The molecule has 0 radical (unpaired) electrons. The van der Waals surface area contributed by atoms with Crippen LogP contribution in [-0.4, -0.2) is 27.6 Å². The van der Waals surface area contributed by atoms with Crippen molar-refractivity contribution in [3.05, 3.63) is 69.7 Å². The Bertz CT molecular complexity index is 898. The summed E-state index contributed by atoms with van der Waals surface area (Å²) >= 11 is 3.10. The summed E-state index contributed by atoms with van der Waals surface area (Å²) in [6, 6.07) is 14.1. The molecule has 0 saturated heterocycles. The summed E-state index contributed by atoms with van der Waals surface area (Å²) < 4.78 is 5.82. The Kier molecular flexibility index (Phi) is 9.04. The van der Waals surface area contributed by atoms with Crippen LogP contribution >= 0.6 is 23.1 Å². The number of carbonyl (C=O) groups is 1. The van der Waals surface area contributed by atoms with Crippen molar-refractivity contribution in [1.29, 1.82) is 0 Å². The fraction of sp³-hybridized carbons (Fsp3) is 0.273. The van der Waals surface area contributed by atoms with Crippen LogP contribution in [0.1, 0.15) is 35.1 Å². The first kappa shape index (κ1) is 22.0. The van der Waals surface area contributed by atoms with Gasteiger partial charge in [-0.05, 0) is 37.3 Å². The van der Waals surface area contributed by atoms with Crippen molar-refractivity contribution in [2.75, 3.05) is 11.5 Å². The van der Waals surface area contributed by atoms with Crippen molar-refractivity contribution < 1.29 is 14.3 Å². The van der Waals surface area contributed by atoms with Gasteiger partial charge >= 0.3 is 5.97 Å². The van der Waals surface area contributed by atoms with Crippen LogP contribution in [0.15, 0.2) is 53.0 Å². The van der Waals surface area contributed by atoms with E-state index < -0.39 is 5.97 Å². The second-order valence-corrected chi connectivity index (χ2v) is 7.91. The molecule has 6 heteroatoms. The molecule has 0 saturated carbocycles. The Hall–Kier alpha value is -2.31. The lowest BCUT2D eigenvalue weighted by molar-refractivity contribution is -0.133. The number of aryl methyl sites for hydroxylation is 1. The molecule has 0 aliphatic carbocycles. The molecule has 0 amide bonds. The standard InChI is InChI=1S/C20H19NO3S2.C2H6/c1-14-18(21-20(24-14)15-6-3-2-4-7-15)12-17-10-9-16(26-17)8-5-11-25-13-19(22)23;1-2/h2-10H,11-13H2,1H3,(H,22,23);1-2H3/b8-5+;. The van der Waals surface area contributed by atoms with E-state index in [-0.39, 0.29) is 5.75 Å². The van der Waals surface area contributed by atoms with E-state index in [0.717, 1.165) is 28.3 Å². The number of benzene rings is 1. The predicted molar refractivity (Wildman–Crippen MR) is 119 cm³/mol. The van der Waals surface area contributed by atoms with Crippen LogP contribution in [0.4, 0.5) is 0 Å². The van der Waals surface area contributed by atoms with Gasteiger partial charge in [-0.2, -0.15) is 0 Å². The summed E-state index contributed by atoms with van der Waals surface area (Å²) in [4.78, 5) is 17.5. The number of aromatic nitrogens is 1. The van der Waals surface area contributed by atoms with Gasteiger partial charge in [-0.15, -0.1) is 23.1 Å². The van der Waals surface area contributed by atoms with Crippen molar-refractivity contribution >= 4 is 35.1 Å². The molecule has 28 heavy (non-hydrogen) atoms. The maximum absolute atomic E-state index is 10.5. The average molecular weight is 416 g/mol. The van der Waals surface area contributed by atoms with E-state index >= 15 is 0 Å². The minimum absolute atomic E-state index is 0.134. The predicted octanol–water partition coefficient (Wildman–Crippen LogP) is 6.16. The number of hydrogen-bond donors (Lipinski definition) is 1. The van der Waals surface area contributed by atoms with Crippen LogP contribution < -0.4 is 0 Å². The largest absolute Gasteiger partial charge is 0.481 e. The van der Waals surface area contributed by atoms with Gasteiger partial charge in [0, 0.05) is 27.5 Å². The van der Waals surface area contributed by atoms with Gasteiger partial charge in [0.05, 0.1) is 11.4 Å². The molecule has 1 N–H and O–H groups in total. The van der Waals surface area contributed by atoms with Crippen LogP contribution in [0.25, 0.3) is 17.5 Å². The fourth-order valence-electron chi connectivity index (χ4n) is 2.42. The molecule has 2 heterocycles. The van der Waals surface area contributed by atoms with E-state index in [1.54, 1.807) is 11.3 Å². The molecule has 1 aromatic carbocycles. The Balaban J connectivity index is 0.00000136. The van der Waals surface area contributed by atoms with Gasteiger partial charge in [-0.25, -0.2) is 4.98 Å². The van der Waals surface area contributed by atoms with E-state index in [4.69, 9.17) is 9.52 Å². The number of carboxylic acids is 1. The Morgan fingerprint density at radius 3 is 2.68 bits per heavy atom. The molecule has 3 aromatic rings. The zero-order valence-corrected chi connectivity index (χ0v) is 18.0. The molecule has 0 fully saturated rings. The van der Waals surface area contributed by atoms with Gasteiger partial charge in [0.2, 0.25) is 5.89 Å². The van der Waals surface area contributed by atoms with E-state index in [1.165, 1.54) is 16.6 Å². The number of thiophene rings is 1. The summed E-state index contributed by atoms with van der Waals surface area (Å²) in [7, 11) is 0. The van der Waals surface area contributed by atoms with Crippen molar-refractivity contribution in [3.63, 3.8) is 0 Å². The third kappa shape index (κ3) is 6.69. The fourth-order valence-corrected chi connectivity index (χ4v) is 3.89. The van der Waals surface area contributed by atoms with Crippen molar-refractivity contribution in [2.24, 2.45) is 0 Å². The Morgan fingerprint density at radius 2 is 1.96 bits per heavy atom. The second-order valence-electron chi connectivity index (χ2n) is 5.68. The van der Waals surface area contributed by atoms with Crippen molar-refractivity contribution in [3.8, 4) is 11.5 Å². The first-order valence-electron chi connectivity index (χ1n) is 9.18. The van der Waals surface area contributed by atoms with Crippen LogP contribution in [0.5, 0.6) is 0 Å². The van der Waals surface area contributed by atoms with E-state index in [9.17, 15) is 4.79 Å². The summed E-state index contributed by atoms with van der Waals surface area (Å²) in [5, 5.41) is 8.61. The van der Waals surface area contributed by atoms with Crippen molar-refractivity contribution in [1.82, 2.24) is 4.98 Å². The molecule has 3 rings (SSSR count). The zero-order chi connectivity index (χ0) is 20.4. The monoisotopic (exact) mass is 415 g/mol. The molecule has 2 aromatic heterocycles. The van der Waals surface area contributed by atoms with E-state index in [2.05, 4.69) is 17.1 Å². The first-order valence-corrected chi connectivity index (χ1v) is 11.2. The number of hydrogen-bond acceptors (Lipinski definition) is 5. The molecule has 0 atom stereocenters. The lowest BCUT2D eigenvalue weighted by Crippen LogP contribution is -1.97. The average Bonchev–Trinajstić information content (AvgIpc) is 3.30. The van der Waals surface area contributed by atoms with Crippen LogP contribution in [-0.2, 0) is 11.2 Å². The highest BCUT2D eigenvalue weighted by Crippen LogP contribution is 2.26. The van der Waals surface area contributed by atoms with Gasteiger partial charge < -0.3 is 9.52 Å². The Morgan fingerprint density at radius 1 is 1.21 bits per heavy atom. The van der Waals surface area contributed by atoms with E-state index in [0.29, 0.717) is 11.6 Å². The van der Waals surface area contributed by atoms with Gasteiger partial charge in [0.25, 0.3) is 0 Å². The minimum atomic E-state index is -0.778. The van der Waals surface area contributed by atoms with Gasteiger partial charge in [-0.1, -0.05) is 38.1 Å². The lowest BCUT2D eigenvalue weighted by Gasteiger charge is -1.93. The molecule has 0 spiro atoms. The Labute approximate surface area is 174 Å². The van der Waals surface area contributed by atoms with Crippen molar-refractivity contribution in [2.45, 2.75) is 27.2 Å². The summed E-state index contributed by atoms with van der Waals surface area (Å²) in [5.41, 5.74) is 1.94. The molecule has 0 aliphatic heterocycles. The maximum Gasteiger partial charge on any atom is 0.313 e. The normalized spacial score (nSPS) is 10.7. The lowest BCUT2D eigenvalue weighted by atomic mass is 10.2. The molecule has 0 bridgehead atoms. The molecule has 0 aliphatic rings. The smallest absolute Gasteiger partial charge is 0.313 e. The summed E-state index contributed by atoms with van der Waals surface area (Å²) in [5.74, 6) is 1.56. The first-order chi connectivity index (χ1) is 13.6. The minimum Gasteiger partial charge on any atom is -0.481 e. The van der Waals surface area contributed by atoms with Crippen LogP contribution in [0.2, 0.25) is 0 Å². The number of thioether (sulfide) groups is 1. The highest BCUT2D eigenvalue weighted by atomic mass is 32.2. The molecular formula is C22H25NO3S2. The van der Waals surface area contributed by atoms with Crippen LogP contribution in [0, 0.1) is 6.92 Å². The quantitative estimate of drug-likeness (QED) is 0.446. The highest BCUT2D eigenvalue weighted by molar-refractivity contribution is 8.00. The SMILES string of the molecule is CC.Cc1oc(-c2ccccc2)nc1Cc1ccc(/C=C/CSCC(=O)O)s1. The molecule has 148 valence electrons. The highest BCUT2D eigenvalue weighted by Gasteiger charge is 2.12. The number of carboxylic acid groups (broad SMARTS) is 1. The van der Waals surface area contributed by atoms with Gasteiger partial charge in [-0.3, -0.25) is 4.79 Å². The molecular weight excluding hydrogens is 390 g/mol. The maximum atomic E-state index is 10.5. The number of nitrogens with zero attached hydrogens (tertiary/aromatic N) is 1. The van der Waals surface area contributed by atoms with Crippen LogP contribution in [0.3, 0.4) is 0 Å². The second kappa shape index (κ2) is 11.5. The van der Waals surface area contributed by atoms with E-state index in [1.807, 2.05) is 63.3 Å².